The summed E-state index contributed by atoms with van der Waals surface area (Å²) in [5.74, 6) is 0.331. The summed E-state index contributed by atoms with van der Waals surface area (Å²) in [6.07, 6.45) is 4.13. The van der Waals surface area contributed by atoms with Gasteiger partial charge in [-0.2, -0.15) is 5.10 Å². The molecule has 6 nitrogen and oxygen atoms in total. The summed E-state index contributed by atoms with van der Waals surface area (Å²) >= 11 is 12.1. The van der Waals surface area contributed by atoms with Crippen LogP contribution < -0.4 is 4.74 Å². The van der Waals surface area contributed by atoms with Gasteiger partial charge in [0.2, 0.25) is 10.0 Å². The fourth-order valence-corrected chi connectivity index (χ4v) is 4.07. The summed E-state index contributed by atoms with van der Waals surface area (Å²) in [5, 5.41) is 4.34. The van der Waals surface area contributed by atoms with Crippen LogP contribution in [0.25, 0.3) is 0 Å². The van der Waals surface area contributed by atoms with Gasteiger partial charge in [-0.15, -0.1) is 0 Å². The molecule has 0 spiro atoms. The number of benzene rings is 1. The van der Waals surface area contributed by atoms with Gasteiger partial charge in [-0.25, -0.2) is 12.7 Å². The monoisotopic (exact) mass is 377 g/mol. The highest BCUT2D eigenvalue weighted by atomic mass is 35.5. The maximum absolute atomic E-state index is 12.6. The molecule has 1 aromatic heterocycles. The van der Waals surface area contributed by atoms with E-state index in [1.54, 1.807) is 10.9 Å². The van der Waals surface area contributed by atoms with Crippen molar-refractivity contribution in [3.63, 3.8) is 0 Å². The average molecular weight is 378 g/mol. The molecule has 0 saturated carbocycles. The largest absolute Gasteiger partial charge is 0.495 e. The minimum atomic E-state index is -3.73. The molecule has 0 saturated heterocycles. The quantitative estimate of drug-likeness (QED) is 0.743. The molecule has 0 N–H and O–H groups in total. The van der Waals surface area contributed by atoms with E-state index in [2.05, 4.69) is 5.10 Å². The van der Waals surface area contributed by atoms with Crippen LogP contribution in [0.2, 0.25) is 10.0 Å². The second-order valence-corrected chi connectivity index (χ2v) is 7.69. The highest BCUT2D eigenvalue weighted by Crippen LogP contribution is 2.34. The molecule has 0 fully saturated rings. The summed E-state index contributed by atoms with van der Waals surface area (Å²) in [4.78, 5) is -0.0356. The first-order valence-electron chi connectivity index (χ1n) is 6.83. The van der Waals surface area contributed by atoms with Crippen LogP contribution in [-0.2, 0) is 16.6 Å². The van der Waals surface area contributed by atoms with Crippen molar-refractivity contribution in [2.24, 2.45) is 0 Å². The van der Waals surface area contributed by atoms with E-state index in [-0.39, 0.29) is 14.9 Å². The Balaban J connectivity index is 2.12. The Labute approximate surface area is 145 Å². The minimum absolute atomic E-state index is 0.0356. The zero-order valence-electron chi connectivity index (χ0n) is 12.7. The van der Waals surface area contributed by atoms with Crippen LogP contribution in [0, 0.1) is 0 Å². The van der Waals surface area contributed by atoms with Crippen molar-refractivity contribution in [3.05, 3.63) is 40.6 Å². The first kappa shape index (κ1) is 18.1. The molecule has 0 radical (unpaired) electrons. The maximum atomic E-state index is 12.6. The number of nitrogens with zero attached hydrogens (tertiary/aromatic N) is 3. The molecule has 1 aromatic carbocycles. The number of aromatic nitrogens is 2. The summed E-state index contributed by atoms with van der Waals surface area (Å²) in [5.41, 5.74) is 0. The number of hydrogen-bond donors (Lipinski definition) is 0. The van der Waals surface area contributed by atoms with Crippen LogP contribution in [-0.4, -0.2) is 43.2 Å². The van der Waals surface area contributed by atoms with E-state index >= 15 is 0 Å². The number of hydrogen-bond acceptors (Lipinski definition) is 4. The molecule has 0 atom stereocenters. The molecule has 0 amide bonds. The zero-order valence-corrected chi connectivity index (χ0v) is 15.1. The SMILES string of the molecule is COc1cc(Cl)c(S(=O)(=O)N(C)CCCn2cccn2)cc1Cl. The zero-order chi connectivity index (χ0) is 17.0. The lowest BCUT2D eigenvalue weighted by atomic mass is 10.3. The molecule has 2 aromatic rings. The van der Waals surface area contributed by atoms with E-state index in [1.807, 2.05) is 12.3 Å². The highest BCUT2D eigenvalue weighted by molar-refractivity contribution is 7.89. The Bertz CT molecular complexity index is 764. The van der Waals surface area contributed by atoms with Gasteiger partial charge >= 0.3 is 0 Å². The van der Waals surface area contributed by atoms with Crippen molar-refractivity contribution in [1.29, 1.82) is 0 Å². The van der Waals surface area contributed by atoms with Crippen molar-refractivity contribution in [1.82, 2.24) is 14.1 Å². The van der Waals surface area contributed by atoms with Crippen LogP contribution in [0.1, 0.15) is 6.42 Å². The Kier molecular flexibility index (Phi) is 5.91. The molecule has 0 aliphatic rings. The normalized spacial score (nSPS) is 11.9. The Morgan fingerprint density at radius 3 is 2.65 bits per heavy atom. The first-order valence-corrected chi connectivity index (χ1v) is 9.02. The lowest BCUT2D eigenvalue weighted by molar-refractivity contribution is 0.414. The van der Waals surface area contributed by atoms with Crippen molar-refractivity contribution in [2.45, 2.75) is 17.9 Å². The number of methoxy groups -OCH3 is 1. The van der Waals surface area contributed by atoms with E-state index in [1.165, 1.54) is 30.6 Å². The van der Waals surface area contributed by atoms with Crippen LogP contribution in [0.4, 0.5) is 0 Å². The topological polar surface area (TPSA) is 64.4 Å². The van der Waals surface area contributed by atoms with E-state index in [4.69, 9.17) is 27.9 Å². The summed E-state index contributed by atoms with van der Waals surface area (Å²) in [6, 6.07) is 4.52. The molecule has 23 heavy (non-hydrogen) atoms. The van der Waals surface area contributed by atoms with Crippen LogP contribution in [0.3, 0.4) is 0 Å². The molecule has 0 unspecified atom stereocenters. The van der Waals surface area contributed by atoms with E-state index in [0.717, 1.165) is 0 Å². The number of ether oxygens (including phenoxy) is 1. The lowest BCUT2D eigenvalue weighted by Gasteiger charge is -2.18. The standard InChI is InChI=1S/C14H17Cl2N3O3S/c1-18(6-4-8-19-7-3-5-17-19)23(20,21)14-10-11(15)13(22-2)9-12(14)16/h3,5,7,9-10H,4,6,8H2,1-2H3. The van der Waals surface area contributed by atoms with Crippen molar-refractivity contribution < 1.29 is 13.2 Å². The van der Waals surface area contributed by atoms with Gasteiger partial charge in [0.25, 0.3) is 0 Å². The summed E-state index contributed by atoms with van der Waals surface area (Å²) in [7, 11) is -0.782. The highest BCUT2D eigenvalue weighted by Gasteiger charge is 2.25. The van der Waals surface area contributed by atoms with Gasteiger partial charge in [-0.3, -0.25) is 4.68 Å². The van der Waals surface area contributed by atoms with Crippen molar-refractivity contribution in [2.75, 3.05) is 20.7 Å². The second-order valence-electron chi connectivity index (χ2n) is 4.87. The van der Waals surface area contributed by atoms with Crippen molar-refractivity contribution >= 4 is 33.2 Å². The number of sulfonamides is 1. The molecule has 126 valence electrons. The molecule has 9 heteroatoms. The third kappa shape index (κ3) is 4.17. The molecule has 2 rings (SSSR count). The number of aryl methyl sites for hydroxylation is 1. The van der Waals surface area contributed by atoms with Crippen molar-refractivity contribution in [3.8, 4) is 5.75 Å². The van der Waals surface area contributed by atoms with Gasteiger partial charge in [0.1, 0.15) is 10.6 Å². The lowest BCUT2D eigenvalue weighted by Crippen LogP contribution is -2.29. The fourth-order valence-electron chi connectivity index (χ4n) is 2.04. The van der Waals surface area contributed by atoms with Crippen LogP contribution in [0.15, 0.2) is 35.5 Å². The van der Waals surface area contributed by atoms with E-state index in [0.29, 0.717) is 25.3 Å². The molecule has 0 aliphatic carbocycles. The molecule has 0 aliphatic heterocycles. The van der Waals surface area contributed by atoms with Gasteiger partial charge in [-0.05, 0) is 18.6 Å². The van der Waals surface area contributed by atoms with Gasteiger partial charge in [-0.1, -0.05) is 23.2 Å². The van der Waals surface area contributed by atoms with Gasteiger partial charge in [0, 0.05) is 38.6 Å². The third-order valence-corrected chi connectivity index (χ3v) is 5.93. The summed E-state index contributed by atoms with van der Waals surface area (Å²) < 4.78 is 33.3. The molecular formula is C14H17Cl2N3O3S. The predicted octanol–water partition coefficient (Wildman–Crippen LogP) is 2.91. The Hall–Kier alpha value is -1.28. The van der Waals surface area contributed by atoms with Gasteiger partial charge in [0.05, 0.1) is 17.2 Å². The molecular weight excluding hydrogens is 361 g/mol. The van der Waals surface area contributed by atoms with E-state index < -0.39 is 10.0 Å². The van der Waals surface area contributed by atoms with E-state index in [9.17, 15) is 8.42 Å². The van der Waals surface area contributed by atoms with Gasteiger partial charge < -0.3 is 4.74 Å². The predicted molar refractivity (Wildman–Crippen MR) is 89.7 cm³/mol. The van der Waals surface area contributed by atoms with Crippen LogP contribution in [0.5, 0.6) is 5.75 Å². The fraction of sp³-hybridized carbons (Fsp3) is 0.357. The maximum Gasteiger partial charge on any atom is 0.244 e. The summed E-state index contributed by atoms with van der Waals surface area (Å²) in [6.45, 7) is 0.964. The molecule has 0 bridgehead atoms. The Morgan fingerprint density at radius 2 is 2.04 bits per heavy atom. The second kappa shape index (κ2) is 7.53. The average Bonchev–Trinajstić information content (AvgIpc) is 3.02. The first-order chi connectivity index (χ1) is 10.9. The molecule has 1 heterocycles. The number of rotatable bonds is 7. The minimum Gasteiger partial charge on any atom is -0.495 e. The Morgan fingerprint density at radius 1 is 1.30 bits per heavy atom. The number of halogens is 2. The third-order valence-electron chi connectivity index (χ3n) is 3.31. The smallest absolute Gasteiger partial charge is 0.244 e. The van der Waals surface area contributed by atoms with Crippen LogP contribution >= 0.6 is 23.2 Å². The van der Waals surface area contributed by atoms with Gasteiger partial charge in [0.15, 0.2) is 0 Å².